The van der Waals surface area contributed by atoms with E-state index in [9.17, 15) is 4.39 Å². The predicted octanol–water partition coefficient (Wildman–Crippen LogP) is -1.70. The Morgan fingerprint density at radius 3 is 2.20 bits per heavy atom. The molecular weight excluding hydrogens is 138 g/mol. The van der Waals surface area contributed by atoms with Crippen LogP contribution in [0.25, 0.3) is 0 Å². The highest BCUT2D eigenvalue weighted by molar-refractivity contribution is 6.56. The number of hydrogen-bond acceptors (Lipinski definition) is 4. The monoisotopic (exact) mass is 142 g/mol. The number of rotatable bonds is 1. The van der Waals surface area contributed by atoms with Crippen LogP contribution in [0.2, 0.25) is 0 Å². The molecule has 1 aromatic heterocycles. The minimum atomic E-state index is -1.74. The molecule has 0 aliphatic rings. The Kier molecular flexibility index (Phi) is 1.93. The zero-order chi connectivity index (χ0) is 7.56. The second-order valence-corrected chi connectivity index (χ2v) is 1.63. The van der Waals surface area contributed by atoms with Crippen LogP contribution in [-0.2, 0) is 0 Å². The minimum absolute atomic E-state index is 0.207. The predicted molar refractivity (Wildman–Crippen MR) is 31.8 cm³/mol. The highest BCUT2D eigenvalue weighted by atomic mass is 19.1. The molecule has 10 heavy (non-hydrogen) atoms. The first-order chi connectivity index (χ1) is 4.70. The van der Waals surface area contributed by atoms with Crippen LogP contribution in [-0.4, -0.2) is 27.1 Å². The molecule has 0 saturated carbocycles. The molecule has 1 aromatic rings. The standard InChI is InChI=1S/C4H4BFN2O2/c6-3-1-7-4(5(9)10)8-2-3/h1-2,9-10H. The molecule has 1 heterocycles. The molecule has 0 saturated heterocycles. The van der Waals surface area contributed by atoms with E-state index < -0.39 is 12.9 Å². The van der Waals surface area contributed by atoms with Gasteiger partial charge in [-0.25, -0.2) is 14.4 Å². The average molecular weight is 142 g/mol. The lowest BCUT2D eigenvalue weighted by atomic mass is 9.91. The fraction of sp³-hybridized carbons (Fsp3) is 0. The second kappa shape index (κ2) is 2.72. The molecule has 0 aliphatic heterocycles. The maximum atomic E-state index is 12.1. The summed E-state index contributed by atoms with van der Waals surface area (Å²) in [6.45, 7) is 0. The molecule has 0 aromatic carbocycles. The molecule has 0 atom stereocenters. The Morgan fingerprint density at radius 2 is 1.80 bits per heavy atom. The summed E-state index contributed by atoms with van der Waals surface area (Å²) in [6.07, 6.45) is 1.73. The van der Waals surface area contributed by atoms with Crippen molar-refractivity contribution in [2.75, 3.05) is 0 Å². The van der Waals surface area contributed by atoms with Crippen LogP contribution in [0.15, 0.2) is 12.4 Å². The van der Waals surface area contributed by atoms with E-state index in [4.69, 9.17) is 10.0 Å². The third-order valence-corrected chi connectivity index (χ3v) is 0.871. The first kappa shape index (κ1) is 7.11. The van der Waals surface area contributed by atoms with Gasteiger partial charge in [-0.15, -0.1) is 0 Å². The van der Waals surface area contributed by atoms with Crippen LogP contribution >= 0.6 is 0 Å². The smallest absolute Gasteiger partial charge is 0.421 e. The number of hydrogen-bond donors (Lipinski definition) is 2. The van der Waals surface area contributed by atoms with Crippen LogP contribution in [0.3, 0.4) is 0 Å². The molecule has 1 rings (SSSR count). The van der Waals surface area contributed by atoms with Gasteiger partial charge in [-0.3, -0.25) is 0 Å². The van der Waals surface area contributed by atoms with Crippen LogP contribution in [0.1, 0.15) is 0 Å². The molecule has 52 valence electrons. The van der Waals surface area contributed by atoms with E-state index in [0.717, 1.165) is 12.4 Å². The van der Waals surface area contributed by atoms with Crippen molar-refractivity contribution in [2.45, 2.75) is 0 Å². The summed E-state index contributed by atoms with van der Waals surface area (Å²) in [4.78, 5) is 6.58. The SMILES string of the molecule is OB(O)c1ncc(F)cn1. The Morgan fingerprint density at radius 1 is 1.30 bits per heavy atom. The van der Waals surface area contributed by atoms with Gasteiger partial charge in [0.05, 0.1) is 12.4 Å². The normalized spacial score (nSPS) is 9.50. The van der Waals surface area contributed by atoms with Crippen LogP contribution in [0.5, 0.6) is 0 Å². The molecule has 0 fully saturated rings. The van der Waals surface area contributed by atoms with E-state index in [1.807, 2.05) is 0 Å². The van der Waals surface area contributed by atoms with Crippen molar-refractivity contribution in [3.05, 3.63) is 18.2 Å². The van der Waals surface area contributed by atoms with Gasteiger partial charge in [0.25, 0.3) is 0 Å². The number of nitrogens with zero attached hydrogens (tertiary/aromatic N) is 2. The van der Waals surface area contributed by atoms with E-state index >= 15 is 0 Å². The van der Waals surface area contributed by atoms with Gasteiger partial charge >= 0.3 is 7.12 Å². The van der Waals surface area contributed by atoms with E-state index in [1.54, 1.807) is 0 Å². The molecule has 0 radical (unpaired) electrons. The lowest BCUT2D eigenvalue weighted by Gasteiger charge is -1.93. The molecule has 2 N–H and O–H groups in total. The summed E-state index contributed by atoms with van der Waals surface area (Å²) >= 11 is 0. The van der Waals surface area contributed by atoms with Crippen molar-refractivity contribution in [3.63, 3.8) is 0 Å². The first-order valence-corrected chi connectivity index (χ1v) is 2.54. The quantitative estimate of drug-likeness (QED) is 0.458. The third kappa shape index (κ3) is 1.49. The summed E-state index contributed by atoms with van der Waals surface area (Å²) < 4.78 is 12.1. The zero-order valence-electron chi connectivity index (χ0n) is 4.90. The fourth-order valence-electron chi connectivity index (χ4n) is 0.456. The van der Waals surface area contributed by atoms with Crippen molar-refractivity contribution in [2.24, 2.45) is 0 Å². The van der Waals surface area contributed by atoms with Gasteiger partial charge in [0.1, 0.15) is 0 Å². The summed E-state index contributed by atoms with van der Waals surface area (Å²) in [5, 5.41) is 16.8. The molecule has 6 heteroatoms. The van der Waals surface area contributed by atoms with Crippen LogP contribution < -0.4 is 5.72 Å². The number of aromatic nitrogens is 2. The Labute approximate surface area is 56.5 Å². The summed E-state index contributed by atoms with van der Waals surface area (Å²) in [7, 11) is -1.74. The van der Waals surface area contributed by atoms with Crippen molar-refractivity contribution >= 4 is 12.8 Å². The summed E-state index contributed by atoms with van der Waals surface area (Å²) in [6, 6.07) is 0. The van der Waals surface area contributed by atoms with E-state index in [-0.39, 0.29) is 5.72 Å². The van der Waals surface area contributed by atoms with Crippen molar-refractivity contribution in [1.29, 1.82) is 0 Å². The van der Waals surface area contributed by atoms with Gasteiger partial charge in [0, 0.05) is 0 Å². The number of halogens is 1. The summed E-state index contributed by atoms with van der Waals surface area (Å²) in [5.74, 6) is -0.607. The van der Waals surface area contributed by atoms with Crippen LogP contribution in [0, 0.1) is 5.82 Å². The van der Waals surface area contributed by atoms with Crippen molar-refractivity contribution < 1.29 is 14.4 Å². The maximum Gasteiger partial charge on any atom is 0.528 e. The average Bonchev–Trinajstić information content (AvgIpc) is 1.88. The van der Waals surface area contributed by atoms with E-state index in [1.165, 1.54) is 0 Å². The fourth-order valence-corrected chi connectivity index (χ4v) is 0.456. The van der Waals surface area contributed by atoms with Crippen molar-refractivity contribution in [3.8, 4) is 0 Å². The van der Waals surface area contributed by atoms with Gasteiger partial charge in [-0.1, -0.05) is 0 Å². The maximum absolute atomic E-state index is 12.1. The topological polar surface area (TPSA) is 66.2 Å². The van der Waals surface area contributed by atoms with E-state index in [0.29, 0.717) is 0 Å². The van der Waals surface area contributed by atoms with Gasteiger partial charge in [0.15, 0.2) is 11.5 Å². The first-order valence-electron chi connectivity index (χ1n) is 2.54. The highest BCUT2D eigenvalue weighted by Gasteiger charge is 2.13. The van der Waals surface area contributed by atoms with Gasteiger partial charge in [-0.2, -0.15) is 0 Å². The van der Waals surface area contributed by atoms with Gasteiger partial charge in [0.2, 0.25) is 0 Å². The Bertz CT molecular complexity index is 215. The zero-order valence-corrected chi connectivity index (χ0v) is 4.90. The van der Waals surface area contributed by atoms with Gasteiger partial charge < -0.3 is 10.0 Å². The Balaban J connectivity index is 2.89. The lowest BCUT2D eigenvalue weighted by molar-refractivity contribution is 0.422. The molecule has 0 unspecified atom stereocenters. The van der Waals surface area contributed by atoms with Crippen molar-refractivity contribution in [1.82, 2.24) is 9.97 Å². The minimum Gasteiger partial charge on any atom is -0.421 e. The van der Waals surface area contributed by atoms with Crippen LogP contribution in [0.4, 0.5) is 4.39 Å². The summed E-state index contributed by atoms with van der Waals surface area (Å²) in [5.41, 5.74) is -0.207. The highest BCUT2D eigenvalue weighted by Crippen LogP contribution is 1.84. The molecule has 0 amide bonds. The molecule has 0 spiro atoms. The molecular formula is C4H4BFN2O2. The molecule has 0 aliphatic carbocycles. The lowest BCUT2D eigenvalue weighted by Crippen LogP contribution is -2.35. The largest absolute Gasteiger partial charge is 0.528 e. The Hall–Kier alpha value is -1.01. The van der Waals surface area contributed by atoms with E-state index in [2.05, 4.69) is 9.97 Å². The third-order valence-electron chi connectivity index (χ3n) is 0.871. The molecule has 4 nitrogen and oxygen atoms in total. The molecule has 0 bridgehead atoms. The van der Waals surface area contributed by atoms with Gasteiger partial charge in [-0.05, 0) is 0 Å². The second-order valence-electron chi connectivity index (χ2n) is 1.63.